The molecule has 0 aliphatic heterocycles. The van der Waals surface area contributed by atoms with Crippen molar-refractivity contribution in [1.29, 1.82) is 0 Å². The van der Waals surface area contributed by atoms with Crippen LogP contribution in [0, 0.1) is 6.92 Å². The highest BCUT2D eigenvalue weighted by Crippen LogP contribution is 2.25. The molecule has 0 unspecified atom stereocenters. The molecule has 0 aliphatic carbocycles. The predicted octanol–water partition coefficient (Wildman–Crippen LogP) is 2.49. The molecule has 0 atom stereocenters. The Morgan fingerprint density at radius 1 is 1.38 bits per heavy atom. The van der Waals surface area contributed by atoms with Gasteiger partial charge in [0, 0.05) is 23.4 Å². The maximum absolute atomic E-state index is 12.4. The van der Waals surface area contributed by atoms with Crippen LogP contribution in [0.3, 0.4) is 0 Å². The quantitative estimate of drug-likeness (QED) is 0.659. The van der Waals surface area contributed by atoms with E-state index in [1.165, 1.54) is 4.68 Å². The number of aryl methyl sites for hydroxylation is 1. The number of hydrogen-bond acceptors (Lipinski definition) is 6. The molecule has 136 valence electrons. The molecule has 1 N–H and O–H groups in total. The van der Waals surface area contributed by atoms with Crippen LogP contribution in [0.1, 0.15) is 41.6 Å². The number of nitrogens with one attached hydrogen (secondary N) is 1. The first-order valence-electron chi connectivity index (χ1n) is 8.07. The molecule has 0 saturated carbocycles. The van der Waals surface area contributed by atoms with Gasteiger partial charge in [0.05, 0.1) is 6.20 Å². The monoisotopic (exact) mass is 418 g/mol. The maximum atomic E-state index is 12.4. The molecule has 3 aromatic rings. The minimum absolute atomic E-state index is 0.225. The predicted molar refractivity (Wildman–Crippen MR) is 97.7 cm³/mol. The number of aromatic nitrogens is 5. The Hall–Kier alpha value is -2.55. The van der Waals surface area contributed by atoms with E-state index in [0.717, 1.165) is 10.0 Å². The molecule has 1 aromatic carbocycles. The van der Waals surface area contributed by atoms with Crippen LogP contribution < -0.4 is 5.32 Å². The molecule has 0 spiro atoms. The van der Waals surface area contributed by atoms with E-state index < -0.39 is 0 Å². The SMILES string of the molecule is Cc1nc(Cn2cc(C(=O)NCC(C)(C)c3cccc(Br)c3)nn2)no1. The molecule has 2 heterocycles. The minimum Gasteiger partial charge on any atom is -0.350 e. The number of carbonyl (C=O) groups excluding carboxylic acids is 1. The van der Waals surface area contributed by atoms with Gasteiger partial charge in [0.1, 0.15) is 6.54 Å². The summed E-state index contributed by atoms with van der Waals surface area (Å²) in [6, 6.07) is 8.05. The van der Waals surface area contributed by atoms with Crippen molar-refractivity contribution in [2.24, 2.45) is 0 Å². The second kappa shape index (κ2) is 7.36. The summed E-state index contributed by atoms with van der Waals surface area (Å²) in [5.74, 6) is 0.687. The van der Waals surface area contributed by atoms with Crippen LogP contribution >= 0.6 is 15.9 Å². The Balaban J connectivity index is 1.61. The molecule has 1 amide bonds. The second-order valence-corrected chi connectivity index (χ2v) is 7.52. The number of hydrogen-bond donors (Lipinski definition) is 1. The summed E-state index contributed by atoms with van der Waals surface area (Å²) in [6.07, 6.45) is 1.56. The molecular weight excluding hydrogens is 400 g/mol. The standard InChI is InChI=1S/C17H19BrN6O2/c1-11-20-15(22-26-11)9-24-8-14(21-23-24)16(25)19-10-17(2,3)12-5-4-6-13(18)7-12/h4-8H,9-10H2,1-3H3,(H,19,25). The lowest BCUT2D eigenvalue weighted by Crippen LogP contribution is -2.36. The van der Waals surface area contributed by atoms with Gasteiger partial charge in [-0.05, 0) is 17.7 Å². The molecule has 9 heteroatoms. The Morgan fingerprint density at radius 2 is 2.19 bits per heavy atom. The van der Waals surface area contributed by atoms with Gasteiger partial charge in [-0.15, -0.1) is 5.10 Å². The third kappa shape index (κ3) is 4.34. The topological polar surface area (TPSA) is 98.7 Å². The van der Waals surface area contributed by atoms with Crippen molar-refractivity contribution in [2.45, 2.75) is 32.7 Å². The number of benzene rings is 1. The van der Waals surface area contributed by atoms with Gasteiger partial charge in [-0.2, -0.15) is 4.98 Å². The lowest BCUT2D eigenvalue weighted by molar-refractivity contribution is 0.0940. The van der Waals surface area contributed by atoms with Gasteiger partial charge in [0.15, 0.2) is 11.5 Å². The molecule has 2 aromatic heterocycles. The smallest absolute Gasteiger partial charge is 0.273 e. The fourth-order valence-corrected chi connectivity index (χ4v) is 2.83. The number of carbonyl (C=O) groups is 1. The van der Waals surface area contributed by atoms with Gasteiger partial charge in [-0.1, -0.05) is 52.3 Å². The Bertz CT molecular complexity index is 917. The van der Waals surface area contributed by atoms with Crippen molar-refractivity contribution in [2.75, 3.05) is 6.54 Å². The summed E-state index contributed by atoms with van der Waals surface area (Å²) < 4.78 is 7.42. The number of amides is 1. The molecule has 0 radical (unpaired) electrons. The first-order valence-corrected chi connectivity index (χ1v) is 8.86. The lowest BCUT2D eigenvalue weighted by Gasteiger charge is -2.25. The van der Waals surface area contributed by atoms with Crippen LogP contribution in [0.5, 0.6) is 0 Å². The zero-order valence-electron chi connectivity index (χ0n) is 14.7. The van der Waals surface area contributed by atoms with Crippen molar-refractivity contribution in [1.82, 2.24) is 30.5 Å². The molecular formula is C17H19BrN6O2. The van der Waals surface area contributed by atoms with E-state index in [1.807, 2.05) is 18.2 Å². The summed E-state index contributed by atoms with van der Waals surface area (Å²) in [6.45, 7) is 6.62. The Labute approximate surface area is 159 Å². The summed E-state index contributed by atoms with van der Waals surface area (Å²) in [4.78, 5) is 16.5. The molecule has 3 rings (SSSR count). The average molecular weight is 419 g/mol. The zero-order chi connectivity index (χ0) is 18.7. The first kappa shape index (κ1) is 18.2. The van der Waals surface area contributed by atoms with Crippen molar-refractivity contribution in [3.05, 3.63) is 57.9 Å². The highest BCUT2D eigenvalue weighted by molar-refractivity contribution is 9.10. The van der Waals surface area contributed by atoms with E-state index in [0.29, 0.717) is 24.8 Å². The first-order chi connectivity index (χ1) is 12.3. The largest absolute Gasteiger partial charge is 0.350 e. The van der Waals surface area contributed by atoms with E-state index in [1.54, 1.807) is 13.1 Å². The van der Waals surface area contributed by atoms with E-state index in [2.05, 4.69) is 61.6 Å². The van der Waals surface area contributed by atoms with E-state index in [-0.39, 0.29) is 17.0 Å². The van der Waals surface area contributed by atoms with Crippen molar-refractivity contribution in [3.8, 4) is 0 Å². The average Bonchev–Trinajstić information content (AvgIpc) is 3.22. The summed E-state index contributed by atoms with van der Waals surface area (Å²) in [7, 11) is 0. The van der Waals surface area contributed by atoms with Gasteiger partial charge in [-0.25, -0.2) is 4.68 Å². The third-order valence-corrected chi connectivity index (χ3v) is 4.43. The fraction of sp³-hybridized carbons (Fsp3) is 0.353. The summed E-state index contributed by atoms with van der Waals surface area (Å²) >= 11 is 3.48. The summed E-state index contributed by atoms with van der Waals surface area (Å²) in [5, 5.41) is 14.6. The van der Waals surface area contributed by atoms with Gasteiger partial charge in [0.25, 0.3) is 5.91 Å². The van der Waals surface area contributed by atoms with Gasteiger partial charge in [-0.3, -0.25) is 4.79 Å². The van der Waals surface area contributed by atoms with Crippen LogP contribution in [0.2, 0.25) is 0 Å². The van der Waals surface area contributed by atoms with E-state index in [9.17, 15) is 4.79 Å². The number of nitrogens with zero attached hydrogens (tertiary/aromatic N) is 5. The van der Waals surface area contributed by atoms with Gasteiger partial charge >= 0.3 is 0 Å². The van der Waals surface area contributed by atoms with Crippen molar-refractivity contribution < 1.29 is 9.32 Å². The third-order valence-electron chi connectivity index (χ3n) is 3.94. The van der Waals surface area contributed by atoms with Crippen LogP contribution in [-0.2, 0) is 12.0 Å². The summed E-state index contributed by atoms with van der Waals surface area (Å²) in [5.41, 5.74) is 1.15. The zero-order valence-corrected chi connectivity index (χ0v) is 16.3. The second-order valence-electron chi connectivity index (χ2n) is 6.61. The minimum atomic E-state index is -0.274. The maximum Gasteiger partial charge on any atom is 0.273 e. The number of rotatable bonds is 6. The molecule has 8 nitrogen and oxygen atoms in total. The number of halogens is 1. The lowest BCUT2D eigenvalue weighted by atomic mass is 9.84. The highest BCUT2D eigenvalue weighted by atomic mass is 79.9. The normalized spacial score (nSPS) is 11.5. The van der Waals surface area contributed by atoms with Crippen molar-refractivity contribution in [3.63, 3.8) is 0 Å². The van der Waals surface area contributed by atoms with Gasteiger partial charge in [0.2, 0.25) is 5.89 Å². The van der Waals surface area contributed by atoms with Crippen molar-refractivity contribution >= 4 is 21.8 Å². The van der Waals surface area contributed by atoms with Gasteiger partial charge < -0.3 is 9.84 Å². The molecule has 0 aliphatic rings. The Kier molecular flexibility index (Phi) is 5.17. The van der Waals surface area contributed by atoms with E-state index >= 15 is 0 Å². The molecule has 0 bridgehead atoms. The highest BCUT2D eigenvalue weighted by Gasteiger charge is 2.23. The van der Waals surface area contributed by atoms with Crippen LogP contribution in [-0.4, -0.2) is 37.6 Å². The molecule has 26 heavy (non-hydrogen) atoms. The fourth-order valence-electron chi connectivity index (χ4n) is 2.43. The molecule has 0 fully saturated rings. The Morgan fingerprint density at radius 3 is 2.88 bits per heavy atom. The van der Waals surface area contributed by atoms with Crippen LogP contribution in [0.4, 0.5) is 0 Å². The van der Waals surface area contributed by atoms with E-state index in [4.69, 9.17) is 4.52 Å². The van der Waals surface area contributed by atoms with Crippen LogP contribution in [0.25, 0.3) is 0 Å². The van der Waals surface area contributed by atoms with Crippen LogP contribution in [0.15, 0.2) is 39.5 Å². The molecule has 0 saturated heterocycles.